The number of methoxy groups -OCH3 is 1. The van der Waals surface area contributed by atoms with Gasteiger partial charge in [-0.1, -0.05) is 26.5 Å². The minimum atomic E-state index is -0.329. The second-order valence-corrected chi connectivity index (χ2v) is 8.99. The SMILES string of the molecule is C=CC(=O)Nc1cc(N/C(=C/C(=N)c2ccc3c(cnn3C)c2)NN)c(OC)cc1N(C)CCN(CC)CC. The number of nitrogens with zero attached hydrogens (tertiary/aromatic N) is 4. The molecule has 11 nitrogen and oxygen atoms in total. The number of aromatic nitrogens is 2. The van der Waals surface area contributed by atoms with Gasteiger partial charge in [0.05, 0.1) is 41.6 Å². The molecule has 0 fully saturated rings. The van der Waals surface area contributed by atoms with E-state index in [4.69, 9.17) is 16.0 Å². The molecular formula is C28H39N9O2. The smallest absolute Gasteiger partial charge is 0.247 e. The Bertz CT molecular complexity index is 1360. The molecule has 208 valence electrons. The first kappa shape index (κ1) is 29.2. The zero-order chi connectivity index (χ0) is 28.5. The largest absolute Gasteiger partial charge is 0.494 e. The Morgan fingerprint density at radius 2 is 1.92 bits per heavy atom. The maximum absolute atomic E-state index is 12.3. The molecule has 3 rings (SSSR count). The van der Waals surface area contributed by atoms with Gasteiger partial charge in [0.2, 0.25) is 5.91 Å². The van der Waals surface area contributed by atoms with Crippen molar-refractivity contribution < 1.29 is 9.53 Å². The van der Waals surface area contributed by atoms with Crippen molar-refractivity contribution >= 4 is 39.6 Å². The highest BCUT2D eigenvalue weighted by Crippen LogP contribution is 2.37. The summed E-state index contributed by atoms with van der Waals surface area (Å²) in [6.07, 6.45) is 4.58. The highest BCUT2D eigenvalue weighted by atomic mass is 16.5. The Morgan fingerprint density at radius 1 is 1.18 bits per heavy atom. The first-order valence-electron chi connectivity index (χ1n) is 12.8. The normalized spacial score (nSPS) is 11.4. The Balaban J connectivity index is 1.92. The predicted molar refractivity (Wildman–Crippen MR) is 159 cm³/mol. The zero-order valence-electron chi connectivity index (χ0n) is 23.3. The lowest BCUT2D eigenvalue weighted by Gasteiger charge is -2.27. The van der Waals surface area contributed by atoms with E-state index in [-0.39, 0.29) is 11.6 Å². The standard InChI is InChI=1S/C28H39N9O2/c1-7-28(38)33-22-16-23(26(39-6)17-25(22)35(4)12-13-37(8-2)9-3)32-27(34-30)15-21(29)19-10-11-24-20(14-19)18-31-36(24)5/h7,10-11,14-18,29,32,34H,1,8-9,12-13,30H2,2-6H3,(H,33,38)/b27-15-,29-21?. The lowest BCUT2D eigenvalue weighted by atomic mass is 10.1. The number of carbonyl (C=O) groups is 1. The van der Waals surface area contributed by atoms with E-state index in [0.29, 0.717) is 28.5 Å². The summed E-state index contributed by atoms with van der Waals surface area (Å²) in [5.74, 6) is 6.40. The molecule has 6 N–H and O–H groups in total. The van der Waals surface area contributed by atoms with E-state index in [1.807, 2.05) is 38.4 Å². The average Bonchev–Trinajstić information content (AvgIpc) is 3.32. The number of amides is 1. The number of hydrazine groups is 1. The number of hydrogen-bond donors (Lipinski definition) is 5. The zero-order valence-corrected chi connectivity index (χ0v) is 23.3. The number of benzene rings is 2. The minimum absolute atomic E-state index is 0.244. The van der Waals surface area contributed by atoms with E-state index in [0.717, 1.165) is 42.8 Å². The number of nitrogens with two attached hydrogens (primary N) is 1. The van der Waals surface area contributed by atoms with Crippen molar-refractivity contribution in [2.75, 3.05) is 55.9 Å². The van der Waals surface area contributed by atoms with Gasteiger partial charge in [-0.15, -0.1) is 0 Å². The summed E-state index contributed by atoms with van der Waals surface area (Å²) in [6, 6.07) is 9.33. The van der Waals surface area contributed by atoms with Crippen LogP contribution >= 0.6 is 0 Å². The third-order valence-corrected chi connectivity index (χ3v) is 6.59. The van der Waals surface area contributed by atoms with E-state index in [9.17, 15) is 4.79 Å². The van der Waals surface area contributed by atoms with Gasteiger partial charge < -0.3 is 36.0 Å². The molecule has 1 amide bonds. The van der Waals surface area contributed by atoms with Gasteiger partial charge in [-0.2, -0.15) is 5.10 Å². The number of ether oxygens (including phenoxy) is 1. The molecule has 0 saturated carbocycles. The van der Waals surface area contributed by atoms with Crippen molar-refractivity contribution in [1.29, 1.82) is 5.41 Å². The topological polar surface area (TPSA) is 137 Å². The van der Waals surface area contributed by atoms with Gasteiger partial charge in [0.1, 0.15) is 11.6 Å². The van der Waals surface area contributed by atoms with Crippen LogP contribution in [0.1, 0.15) is 19.4 Å². The summed E-state index contributed by atoms with van der Waals surface area (Å²) in [6.45, 7) is 11.4. The van der Waals surface area contributed by atoms with Crippen molar-refractivity contribution in [3.8, 4) is 5.75 Å². The summed E-state index contributed by atoms with van der Waals surface area (Å²) < 4.78 is 7.47. The van der Waals surface area contributed by atoms with Crippen LogP contribution in [0, 0.1) is 5.41 Å². The van der Waals surface area contributed by atoms with Gasteiger partial charge in [0, 0.05) is 50.3 Å². The molecule has 0 aliphatic rings. The number of anilines is 3. The fraction of sp³-hybridized carbons (Fsp3) is 0.321. The second kappa shape index (κ2) is 13.4. The fourth-order valence-electron chi connectivity index (χ4n) is 4.20. The highest BCUT2D eigenvalue weighted by Gasteiger charge is 2.17. The Kier molecular flexibility index (Phi) is 10.1. The molecule has 0 aliphatic carbocycles. The predicted octanol–water partition coefficient (Wildman–Crippen LogP) is 3.27. The maximum atomic E-state index is 12.3. The molecule has 0 unspecified atom stereocenters. The molecule has 0 bridgehead atoms. The summed E-state index contributed by atoms with van der Waals surface area (Å²) in [4.78, 5) is 16.7. The van der Waals surface area contributed by atoms with Crippen LogP contribution in [0.5, 0.6) is 5.75 Å². The van der Waals surface area contributed by atoms with Crippen LogP contribution < -0.4 is 31.5 Å². The lowest BCUT2D eigenvalue weighted by molar-refractivity contribution is -0.111. The molecule has 0 aliphatic heterocycles. The van der Waals surface area contributed by atoms with Crippen molar-refractivity contribution in [1.82, 2.24) is 20.1 Å². The summed E-state index contributed by atoms with van der Waals surface area (Å²) >= 11 is 0. The molecule has 11 heteroatoms. The molecule has 39 heavy (non-hydrogen) atoms. The molecule has 3 aromatic rings. The Labute approximate surface area is 229 Å². The first-order chi connectivity index (χ1) is 18.7. The van der Waals surface area contributed by atoms with Crippen molar-refractivity contribution in [3.63, 3.8) is 0 Å². The van der Waals surface area contributed by atoms with Crippen LogP contribution in [0.4, 0.5) is 17.1 Å². The number of nitrogens with one attached hydrogen (secondary N) is 4. The van der Waals surface area contributed by atoms with Gasteiger partial charge in [-0.05, 0) is 37.4 Å². The average molecular weight is 534 g/mol. The quantitative estimate of drug-likeness (QED) is 0.0922. The number of fused-ring (bicyclic) bond motifs is 1. The van der Waals surface area contributed by atoms with Crippen molar-refractivity contribution in [2.24, 2.45) is 12.9 Å². The van der Waals surface area contributed by atoms with E-state index < -0.39 is 0 Å². The van der Waals surface area contributed by atoms with Crippen molar-refractivity contribution in [2.45, 2.75) is 13.8 Å². The van der Waals surface area contributed by atoms with Crippen LogP contribution in [-0.2, 0) is 11.8 Å². The van der Waals surface area contributed by atoms with Gasteiger partial charge in [0.25, 0.3) is 0 Å². The van der Waals surface area contributed by atoms with Gasteiger partial charge >= 0.3 is 0 Å². The maximum Gasteiger partial charge on any atom is 0.247 e. The van der Waals surface area contributed by atoms with E-state index in [2.05, 4.69) is 51.4 Å². The van der Waals surface area contributed by atoms with Gasteiger partial charge in [0.15, 0.2) is 0 Å². The molecule has 0 saturated heterocycles. The summed E-state index contributed by atoms with van der Waals surface area (Å²) in [7, 11) is 5.43. The third-order valence-electron chi connectivity index (χ3n) is 6.59. The highest BCUT2D eigenvalue weighted by molar-refractivity contribution is 6.09. The molecule has 2 aromatic carbocycles. The fourth-order valence-corrected chi connectivity index (χ4v) is 4.20. The lowest BCUT2D eigenvalue weighted by Crippen LogP contribution is -2.33. The van der Waals surface area contributed by atoms with E-state index in [1.54, 1.807) is 30.1 Å². The van der Waals surface area contributed by atoms with Crippen LogP contribution in [0.25, 0.3) is 10.9 Å². The first-order valence-corrected chi connectivity index (χ1v) is 12.8. The van der Waals surface area contributed by atoms with Gasteiger partial charge in [-0.25, -0.2) is 5.84 Å². The minimum Gasteiger partial charge on any atom is -0.494 e. The summed E-state index contributed by atoms with van der Waals surface area (Å²) in [5, 5.41) is 19.9. The Morgan fingerprint density at radius 3 is 2.56 bits per heavy atom. The second-order valence-electron chi connectivity index (χ2n) is 8.99. The number of rotatable bonds is 14. The van der Waals surface area contributed by atoms with E-state index >= 15 is 0 Å². The molecule has 0 spiro atoms. The molecule has 1 aromatic heterocycles. The van der Waals surface area contributed by atoms with E-state index in [1.165, 1.54) is 6.08 Å². The van der Waals surface area contributed by atoms with Crippen LogP contribution in [-0.4, -0.2) is 66.6 Å². The number of aryl methyl sites for hydroxylation is 1. The molecule has 1 heterocycles. The third kappa shape index (κ3) is 7.15. The molecular weight excluding hydrogens is 494 g/mol. The number of carbonyl (C=O) groups excluding carboxylic acids is 1. The molecule has 0 radical (unpaired) electrons. The Hall–Kier alpha value is -4.35. The molecule has 0 atom stereocenters. The van der Waals surface area contributed by atoms with Crippen LogP contribution in [0.15, 0.2) is 61.1 Å². The number of allylic oxidation sites excluding steroid dienone is 1. The monoisotopic (exact) mass is 533 g/mol. The number of hydrogen-bond acceptors (Lipinski definition) is 9. The van der Waals surface area contributed by atoms with Crippen LogP contribution in [0.2, 0.25) is 0 Å². The van der Waals surface area contributed by atoms with Crippen LogP contribution in [0.3, 0.4) is 0 Å². The number of likely N-dealkylation sites (N-methyl/N-ethyl adjacent to an activating group) is 2. The van der Waals surface area contributed by atoms with Crippen molar-refractivity contribution in [3.05, 3.63) is 66.6 Å². The summed E-state index contributed by atoms with van der Waals surface area (Å²) in [5.41, 5.74) is 6.48. The van der Waals surface area contributed by atoms with Gasteiger partial charge in [-0.3, -0.25) is 9.48 Å².